The van der Waals surface area contributed by atoms with Crippen LogP contribution in [0, 0.1) is 0 Å². The summed E-state index contributed by atoms with van der Waals surface area (Å²) in [5.41, 5.74) is 0. The number of carbonyl (C=O) groups is 2. The molecule has 0 unspecified atom stereocenters. The van der Waals surface area contributed by atoms with Gasteiger partial charge in [-0.25, -0.2) is 4.79 Å². The first kappa shape index (κ1) is 9.18. The molecule has 0 atom stereocenters. The first-order chi connectivity index (χ1) is 5.61. The van der Waals surface area contributed by atoms with Gasteiger partial charge in [-0.3, -0.25) is 9.00 Å². The highest BCUT2D eigenvalue weighted by Gasteiger charge is 2.24. The van der Waals surface area contributed by atoms with E-state index in [4.69, 9.17) is 5.11 Å². The maximum atomic E-state index is 10.8. The molecule has 0 spiro atoms. The van der Waals surface area contributed by atoms with E-state index in [2.05, 4.69) is 0 Å². The van der Waals surface area contributed by atoms with Crippen molar-refractivity contribution in [1.82, 2.24) is 4.90 Å². The minimum absolute atomic E-state index is 0.289. The maximum Gasteiger partial charge on any atom is 0.394 e. The lowest BCUT2D eigenvalue weighted by Crippen LogP contribution is -2.44. The third-order valence-electron chi connectivity index (χ3n) is 1.65. The molecule has 1 fully saturated rings. The van der Waals surface area contributed by atoms with Crippen LogP contribution in [0.4, 0.5) is 0 Å². The summed E-state index contributed by atoms with van der Waals surface area (Å²) in [6, 6.07) is 0. The molecule has 0 aliphatic carbocycles. The lowest BCUT2D eigenvalue weighted by Gasteiger charge is -2.24. The quantitative estimate of drug-likeness (QED) is 0.481. The highest BCUT2D eigenvalue weighted by Crippen LogP contribution is 1.99. The number of rotatable bonds is 0. The predicted molar refractivity (Wildman–Crippen MR) is 42.1 cm³/mol. The zero-order valence-corrected chi connectivity index (χ0v) is 7.17. The van der Waals surface area contributed by atoms with Crippen molar-refractivity contribution in [2.24, 2.45) is 0 Å². The molecular weight excluding hydrogens is 182 g/mol. The van der Waals surface area contributed by atoms with Crippen molar-refractivity contribution in [1.29, 1.82) is 0 Å². The largest absolute Gasteiger partial charge is 0.474 e. The van der Waals surface area contributed by atoms with Crippen LogP contribution in [0.15, 0.2) is 0 Å². The van der Waals surface area contributed by atoms with E-state index in [-0.39, 0.29) is 13.1 Å². The van der Waals surface area contributed by atoms with Crippen LogP contribution in [0.1, 0.15) is 0 Å². The first-order valence-corrected chi connectivity index (χ1v) is 4.97. The highest BCUT2D eigenvalue weighted by atomic mass is 32.2. The zero-order chi connectivity index (χ0) is 9.14. The van der Waals surface area contributed by atoms with Crippen molar-refractivity contribution in [3.63, 3.8) is 0 Å². The van der Waals surface area contributed by atoms with E-state index >= 15 is 0 Å². The van der Waals surface area contributed by atoms with Crippen molar-refractivity contribution in [2.45, 2.75) is 0 Å². The minimum Gasteiger partial charge on any atom is -0.474 e. The number of aliphatic carboxylic acids is 1. The molecule has 12 heavy (non-hydrogen) atoms. The summed E-state index contributed by atoms with van der Waals surface area (Å²) >= 11 is 0. The van der Waals surface area contributed by atoms with Gasteiger partial charge >= 0.3 is 11.9 Å². The molecule has 1 aliphatic heterocycles. The molecule has 1 saturated heterocycles. The molecule has 1 amide bonds. The lowest BCUT2D eigenvalue weighted by molar-refractivity contribution is -0.155. The van der Waals surface area contributed by atoms with E-state index in [1.807, 2.05) is 0 Å². The van der Waals surface area contributed by atoms with Crippen LogP contribution in [0.5, 0.6) is 0 Å². The number of carboxylic acid groups (broad SMARTS) is 1. The number of hydrogen-bond donors (Lipinski definition) is 1. The van der Waals surface area contributed by atoms with Gasteiger partial charge < -0.3 is 10.0 Å². The summed E-state index contributed by atoms with van der Waals surface area (Å²) in [4.78, 5) is 22.3. The summed E-state index contributed by atoms with van der Waals surface area (Å²) < 4.78 is 10.8. The first-order valence-electron chi connectivity index (χ1n) is 3.48. The third kappa shape index (κ3) is 2.04. The van der Waals surface area contributed by atoms with E-state index in [1.54, 1.807) is 0 Å². The van der Waals surface area contributed by atoms with E-state index < -0.39 is 22.7 Å². The number of hydrogen-bond acceptors (Lipinski definition) is 3. The van der Waals surface area contributed by atoms with Gasteiger partial charge in [0.25, 0.3) is 0 Å². The Morgan fingerprint density at radius 3 is 2.17 bits per heavy atom. The molecule has 6 heteroatoms. The van der Waals surface area contributed by atoms with Crippen LogP contribution in [0.3, 0.4) is 0 Å². The molecular formula is C6H9NO4S. The molecule has 0 aromatic carbocycles. The summed E-state index contributed by atoms with van der Waals surface area (Å²) in [5, 5.41) is 8.33. The van der Waals surface area contributed by atoms with Crippen LogP contribution in [0.2, 0.25) is 0 Å². The molecule has 1 heterocycles. The van der Waals surface area contributed by atoms with Gasteiger partial charge in [0.1, 0.15) is 0 Å². The molecule has 1 rings (SSSR count). The Morgan fingerprint density at radius 1 is 1.25 bits per heavy atom. The molecule has 5 nitrogen and oxygen atoms in total. The normalized spacial score (nSPS) is 19.2. The Morgan fingerprint density at radius 2 is 1.75 bits per heavy atom. The second kappa shape index (κ2) is 3.66. The molecule has 0 aromatic rings. The summed E-state index contributed by atoms with van der Waals surface area (Å²) in [6.07, 6.45) is 0. The molecule has 0 saturated carbocycles. The SMILES string of the molecule is O=C(O)C(=O)N1CCS(=O)CC1. The van der Waals surface area contributed by atoms with Gasteiger partial charge in [-0.1, -0.05) is 0 Å². The van der Waals surface area contributed by atoms with Crippen molar-refractivity contribution in [2.75, 3.05) is 24.6 Å². The van der Waals surface area contributed by atoms with Crippen LogP contribution in [-0.4, -0.2) is 50.7 Å². The Kier molecular flexibility index (Phi) is 2.80. The lowest BCUT2D eigenvalue weighted by atomic mass is 10.4. The van der Waals surface area contributed by atoms with Crippen molar-refractivity contribution < 1.29 is 18.9 Å². The van der Waals surface area contributed by atoms with E-state index in [9.17, 15) is 13.8 Å². The van der Waals surface area contributed by atoms with Crippen LogP contribution >= 0.6 is 0 Å². The van der Waals surface area contributed by atoms with Crippen molar-refractivity contribution in [3.8, 4) is 0 Å². The van der Waals surface area contributed by atoms with Crippen LogP contribution in [0.25, 0.3) is 0 Å². The zero-order valence-electron chi connectivity index (χ0n) is 6.36. The molecule has 1 aliphatic rings. The van der Waals surface area contributed by atoms with Gasteiger partial charge in [0.15, 0.2) is 0 Å². The van der Waals surface area contributed by atoms with E-state index in [0.717, 1.165) is 0 Å². The second-order valence-corrected chi connectivity index (χ2v) is 4.14. The van der Waals surface area contributed by atoms with Crippen LogP contribution < -0.4 is 0 Å². The molecule has 1 N–H and O–H groups in total. The predicted octanol–water partition coefficient (Wildman–Crippen LogP) is -1.34. The van der Waals surface area contributed by atoms with Crippen LogP contribution in [-0.2, 0) is 20.4 Å². The Balaban J connectivity index is 2.50. The number of carboxylic acids is 1. The smallest absolute Gasteiger partial charge is 0.394 e. The van der Waals surface area contributed by atoms with Gasteiger partial charge in [0.05, 0.1) is 0 Å². The van der Waals surface area contributed by atoms with Crippen molar-refractivity contribution >= 4 is 22.7 Å². The van der Waals surface area contributed by atoms with Crippen molar-refractivity contribution in [3.05, 3.63) is 0 Å². The Labute approximate surface area is 71.8 Å². The Hall–Kier alpha value is -0.910. The Bertz CT molecular complexity index is 230. The fourth-order valence-corrected chi connectivity index (χ4v) is 2.03. The summed E-state index contributed by atoms with van der Waals surface area (Å²) in [7, 11) is -0.877. The average Bonchev–Trinajstić information content (AvgIpc) is 2.04. The number of nitrogens with zero attached hydrogens (tertiary/aromatic N) is 1. The monoisotopic (exact) mass is 191 g/mol. The second-order valence-electron chi connectivity index (χ2n) is 2.45. The van der Waals surface area contributed by atoms with Gasteiger partial charge in [0, 0.05) is 35.4 Å². The topological polar surface area (TPSA) is 74.7 Å². The highest BCUT2D eigenvalue weighted by molar-refractivity contribution is 7.85. The number of carbonyl (C=O) groups excluding carboxylic acids is 1. The fraction of sp³-hybridized carbons (Fsp3) is 0.667. The molecule has 0 aromatic heterocycles. The third-order valence-corrected chi connectivity index (χ3v) is 2.92. The maximum absolute atomic E-state index is 10.8. The molecule has 0 radical (unpaired) electrons. The molecule has 68 valence electrons. The number of amides is 1. The summed E-state index contributed by atoms with van der Waals surface area (Å²) in [6.45, 7) is 0.579. The van der Waals surface area contributed by atoms with E-state index in [1.165, 1.54) is 4.90 Å². The summed E-state index contributed by atoms with van der Waals surface area (Å²) in [5.74, 6) is -1.56. The van der Waals surface area contributed by atoms with Gasteiger partial charge in [-0.2, -0.15) is 0 Å². The molecule has 0 bridgehead atoms. The minimum atomic E-state index is -1.44. The van der Waals surface area contributed by atoms with Gasteiger partial charge in [0.2, 0.25) is 0 Å². The van der Waals surface area contributed by atoms with Gasteiger partial charge in [-0.05, 0) is 0 Å². The fourth-order valence-electron chi connectivity index (χ4n) is 0.976. The van der Waals surface area contributed by atoms with Gasteiger partial charge in [-0.15, -0.1) is 0 Å². The standard InChI is InChI=1S/C6H9NO4S/c8-5(6(9)10)7-1-3-12(11)4-2-7/h1-4H2,(H,9,10). The average molecular weight is 191 g/mol. The van der Waals surface area contributed by atoms with E-state index in [0.29, 0.717) is 11.5 Å².